The molecule has 0 atom stereocenters. The zero-order chi connectivity index (χ0) is 15.1. The van der Waals surface area contributed by atoms with Crippen LogP contribution in [-0.2, 0) is 61.0 Å². The Kier molecular flexibility index (Phi) is 117. The minimum Gasteiger partial charge on any atom is -0.545 e. The molecular weight excluding hydrogens is 424 g/mol. The molecular formula is C14H12Mo2O4-4. The van der Waals surface area contributed by atoms with E-state index >= 15 is 0 Å². The number of hydrogen-bond donors (Lipinski definition) is 0. The Morgan fingerprint density at radius 1 is 0.600 bits per heavy atom. The van der Waals surface area contributed by atoms with E-state index < -0.39 is 0 Å². The Bertz CT molecular complexity index is 247. The summed E-state index contributed by atoms with van der Waals surface area (Å²) in [6.07, 6.45) is 0. The van der Waals surface area contributed by atoms with Crippen molar-refractivity contribution in [1.82, 2.24) is 0 Å². The fraction of sp³-hybridized carbons (Fsp3) is 0. The molecule has 0 N–H and O–H groups in total. The third kappa shape index (κ3) is 53.9. The van der Waals surface area contributed by atoms with Crippen LogP contribution in [0.3, 0.4) is 0 Å². The van der Waals surface area contributed by atoms with Crippen LogP contribution in [0.2, 0.25) is 0 Å². The van der Waals surface area contributed by atoms with Gasteiger partial charge in [-0.3, -0.25) is 13.6 Å². The zero-order valence-electron chi connectivity index (χ0n) is 10.4. The first kappa shape index (κ1) is 36.4. The van der Waals surface area contributed by atoms with Gasteiger partial charge in [-0.2, -0.15) is 36.4 Å². The second-order valence-electron chi connectivity index (χ2n) is 1.92. The van der Waals surface area contributed by atoms with Crippen molar-refractivity contribution in [3.8, 4) is 0 Å². The van der Waals surface area contributed by atoms with Gasteiger partial charge in [-0.05, 0) is 0 Å². The van der Waals surface area contributed by atoms with Gasteiger partial charge in [0.05, 0.1) is 0 Å². The average molecular weight is 436 g/mol. The van der Waals surface area contributed by atoms with E-state index in [1.165, 1.54) is 0 Å². The quantitative estimate of drug-likeness (QED) is 0.275. The van der Waals surface area contributed by atoms with E-state index in [4.69, 9.17) is 18.9 Å². The molecule has 0 aliphatic heterocycles. The zero-order valence-corrected chi connectivity index (χ0v) is 14.4. The van der Waals surface area contributed by atoms with E-state index in [1.807, 2.05) is 60.7 Å². The van der Waals surface area contributed by atoms with Crippen LogP contribution in [0.25, 0.3) is 0 Å². The maximum absolute atomic E-state index is 7.75. The molecule has 0 aliphatic rings. The van der Waals surface area contributed by atoms with Crippen molar-refractivity contribution in [3.63, 3.8) is 0 Å². The molecule has 6 heteroatoms. The first-order valence-electron chi connectivity index (χ1n) is 4.21. The van der Waals surface area contributed by atoms with Crippen molar-refractivity contribution >= 4 is 13.6 Å². The smallest absolute Gasteiger partial charge is 0 e. The van der Waals surface area contributed by atoms with Crippen molar-refractivity contribution in [2.24, 2.45) is 0 Å². The van der Waals surface area contributed by atoms with E-state index in [0.29, 0.717) is 0 Å². The monoisotopic (exact) mass is 440 g/mol. The molecule has 20 heavy (non-hydrogen) atoms. The molecule has 0 fully saturated rings. The van der Waals surface area contributed by atoms with Crippen LogP contribution in [0.5, 0.6) is 0 Å². The van der Waals surface area contributed by atoms with E-state index in [-0.39, 0.29) is 42.1 Å². The normalized spacial score (nSPS) is 4.60. The molecule has 0 aliphatic carbocycles. The first-order valence-corrected chi connectivity index (χ1v) is 4.21. The third-order valence-corrected chi connectivity index (χ3v) is 1.11. The Morgan fingerprint density at radius 3 is 0.800 bits per heavy atom. The Morgan fingerprint density at radius 2 is 0.750 bits per heavy atom. The standard InChI is InChI=1S/2C5H5.2CHO.2CO.2Mo/c2*1-2-4-5-3-1;4*1-2;;/h2*1-5H;2*1H;;;;/q4*-1;;;;. The number of rotatable bonds is 0. The third-order valence-electron chi connectivity index (χ3n) is 1.11. The van der Waals surface area contributed by atoms with Gasteiger partial charge in [0.15, 0.2) is 0 Å². The molecule has 0 saturated carbocycles. The van der Waals surface area contributed by atoms with Gasteiger partial charge in [-0.25, -0.2) is 24.3 Å². The molecule has 0 amide bonds. The largest absolute Gasteiger partial charge is 0.545 e. The predicted octanol–water partition coefficient (Wildman–Crippen LogP) is 2.18. The van der Waals surface area contributed by atoms with Gasteiger partial charge in [0.25, 0.3) is 0 Å². The number of carbonyl (C=O) groups excluding carboxylic acids is 2. The summed E-state index contributed by atoms with van der Waals surface area (Å²) in [5.74, 6) is 0. The van der Waals surface area contributed by atoms with Gasteiger partial charge in [0.1, 0.15) is 0 Å². The Labute approximate surface area is 148 Å². The van der Waals surface area contributed by atoms with E-state index in [1.54, 1.807) is 0 Å². The molecule has 0 radical (unpaired) electrons. The van der Waals surface area contributed by atoms with Crippen molar-refractivity contribution < 1.29 is 61.0 Å². The van der Waals surface area contributed by atoms with Gasteiger partial charge in [0.2, 0.25) is 0 Å². The van der Waals surface area contributed by atoms with Crippen LogP contribution in [-0.4, -0.2) is 13.6 Å². The van der Waals surface area contributed by atoms with Crippen molar-refractivity contribution in [3.05, 3.63) is 74.0 Å². The molecule has 0 saturated heterocycles. The predicted molar refractivity (Wildman–Crippen MR) is 65.4 cm³/mol. The summed E-state index contributed by atoms with van der Waals surface area (Å²) < 4.78 is 15.0. The van der Waals surface area contributed by atoms with Gasteiger partial charge in [-0.15, -0.1) is 0 Å². The SMILES string of the molecule is [C-]#[O+].[C-]#[O+].[CH-]=O.[CH-]=O.[Mo].[Mo].c1cc[cH-]c1.c1cc[cH-]c1. The van der Waals surface area contributed by atoms with Crippen LogP contribution in [0, 0.1) is 13.3 Å². The number of hydrogen-bond acceptors (Lipinski definition) is 2. The van der Waals surface area contributed by atoms with E-state index in [0.717, 1.165) is 0 Å². The molecule has 4 nitrogen and oxygen atoms in total. The fourth-order valence-corrected chi connectivity index (χ4v) is 0.642. The second kappa shape index (κ2) is 64.6. The second-order valence-corrected chi connectivity index (χ2v) is 1.92. The van der Waals surface area contributed by atoms with Crippen LogP contribution in [0.1, 0.15) is 0 Å². The molecule has 0 unspecified atom stereocenters. The van der Waals surface area contributed by atoms with Gasteiger partial charge < -0.3 is 9.59 Å². The molecule has 2 rings (SSSR count). The van der Waals surface area contributed by atoms with E-state index in [2.05, 4.69) is 26.9 Å². The van der Waals surface area contributed by atoms with Crippen LogP contribution in [0.15, 0.2) is 60.7 Å². The van der Waals surface area contributed by atoms with Crippen LogP contribution in [0.4, 0.5) is 0 Å². The summed E-state index contributed by atoms with van der Waals surface area (Å²) >= 11 is 0. The fourth-order valence-electron chi connectivity index (χ4n) is 0.642. The van der Waals surface area contributed by atoms with Gasteiger partial charge in [-0.1, -0.05) is 0 Å². The molecule has 0 aromatic heterocycles. The van der Waals surface area contributed by atoms with E-state index in [9.17, 15) is 0 Å². The van der Waals surface area contributed by atoms with Gasteiger partial charge >= 0.3 is 22.6 Å². The minimum atomic E-state index is 0. The minimum absolute atomic E-state index is 0. The van der Waals surface area contributed by atoms with Crippen molar-refractivity contribution in [1.29, 1.82) is 0 Å². The summed E-state index contributed by atoms with van der Waals surface area (Å²) in [5, 5.41) is 0. The Balaban J connectivity index is -0.0000000311. The molecule has 0 heterocycles. The summed E-state index contributed by atoms with van der Waals surface area (Å²) in [7, 11) is 0. The summed E-state index contributed by atoms with van der Waals surface area (Å²) in [5.41, 5.74) is 0. The topological polar surface area (TPSA) is 73.9 Å². The Hall–Kier alpha value is -1.10. The first-order chi connectivity index (χ1) is 9.00. The maximum atomic E-state index is 7.75. The molecule has 2 aromatic rings. The van der Waals surface area contributed by atoms with Crippen LogP contribution >= 0.6 is 0 Å². The summed E-state index contributed by atoms with van der Waals surface area (Å²) in [6.45, 7) is 15.5. The van der Waals surface area contributed by atoms with Crippen molar-refractivity contribution in [2.45, 2.75) is 0 Å². The molecule has 0 spiro atoms. The van der Waals surface area contributed by atoms with Gasteiger partial charge in [0, 0.05) is 42.1 Å². The maximum Gasteiger partial charge on any atom is 0 e. The summed E-state index contributed by atoms with van der Waals surface area (Å²) in [6, 6.07) is 20.0. The summed E-state index contributed by atoms with van der Waals surface area (Å²) in [4.78, 5) is 15.5. The molecule has 108 valence electrons. The van der Waals surface area contributed by atoms with Crippen molar-refractivity contribution in [2.75, 3.05) is 0 Å². The van der Waals surface area contributed by atoms with Crippen LogP contribution < -0.4 is 0 Å². The average Bonchev–Trinajstić information content (AvgIpc) is 3.25. The molecule has 2 aromatic carbocycles. The molecule has 0 bridgehead atoms.